The summed E-state index contributed by atoms with van der Waals surface area (Å²) in [7, 11) is 0. The Kier molecular flexibility index (Phi) is 5.09. The molecule has 6 nitrogen and oxygen atoms in total. The molecule has 0 saturated carbocycles. The van der Waals surface area contributed by atoms with Gasteiger partial charge in [0.15, 0.2) is 5.82 Å². The lowest BCUT2D eigenvalue weighted by Crippen LogP contribution is -2.46. The van der Waals surface area contributed by atoms with E-state index in [1.54, 1.807) is 6.33 Å². The van der Waals surface area contributed by atoms with Gasteiger partial charge in [-0.3, -0.25) is 4.90 Å². The summed E-state index contributed by atoms with van der Waals surface area (Å²) >= 11 is 5.97. The molecular weight excluding hydrogens is 360 g/mol. The Hall–Kier alpha value is -2.44. The molecule has 1 fully saturated rings. The van der Waals surface area contributed by atoms with E-state index in [-0.39, 0.29) is 0 Å². The first kappa shape index (κ1) is 17.9. The molecule has 0 amide bonds. The number of rotatable bonds is 4. The third-order valence-corrected chi connectivity index (χ3v) is 5.13. The van der Waals surface area contributed by atoms with Gasteiger partial charge in [-0.15, -0.1) is 0 Å². The van der Waals surface area contributed by atoms with Gasteiger partial charge < -0.3 is 4.90 Å². The van der Waals surface area contributed by atoms with Crippen LogP contribution in [-0.4, -0.2) is 50.8 Å². The largest absolute Gasteiger partial charge is 0.354 e. The Balaban J connectivity index is 1.41. The number of aromatic nitrogens is 4. The molecule has 1 aliphatic rings. The third kappa shape index (κ3) is 4.12. The van der Waals surface area contributed by atoms with Crippen molar-refractivity contribution in [1.82, 2.24) is 24.6 Å². The lowest BCUT2D eigenvalue weighted by molar-refractivity contribution is 0.249. The lowest BCUT2D eigenvalue weighted by Gasteiger charge is -2.35. The topological polar surface area (TPSA) is 50.1 Å². The van der Waals surface area contributed by atoms with Gasteiger partial charge in [0.2, 0.25) is 0 Å². The number of hydrogen-bond acceptors (Lipinski definition) is 5. The van der Waals surface area contributed by atoms with Gasteiger partial charge in [0.25, 0.3) is 0 Å². The molecule has 1 saturated heterocycles. The van der Waals surface area contributed by atoms with Crippen molar-refractivity contribution in [3.63, 3.8) is 0 Å². The van der Waals surface area contributed by atoms with E-state index in [1.807, 2.05) is 36.7 Å². The Morgan fingerprint density at radius 1 is 0.926 bits per heavy atom. The van der Waals surface area contributed by atoms with Gasteiger partial charge in [-0.1, -0.05) is 23.7 Å². The first-order valence-corrected chi connectivity index (χ1v) is 9.54. The molecule has 0 spiro atoms. The van der Waals surface area contributed by atoms with Crippen LogP contribution >= 0.6 is 11.6 Å². The van der Waals surface area contributed by atoms with Crippen molar-refractivity contribution in [2.24, 2.45) is 0 Å². The Bertz CT molecular complexity index is 912. The van der Waals surface area contributed by atoms with Crippen LogP contribution in [0.3, 0.4) is 0 Å². The van der Waals surface area contributed by atoms with Crippen LogP contribution < -0.4 is 4.90 Å². The van der Waals surface area contributed by atoms with Gasteiger partial charge in [0, 0.05) is 49.5 Å². The molecule has 7 heteroatoms. The summed E-state index contributed by atoms with van der Waals surface area (Å²) in [6.45, 7) is 8.88. The molecule has 4 rings (SSSR count). The van der Waals surface area contributed by atoms with Crippen molar-refractivity contribution >= 4 is 17.4 Å². The summed E-state index contributed by atoms with van der Waals surface area (Å²) < 4.78 is 1.87. The Morgan fingerprint density at radius 3 is 2.30 bits per heavy atom. The summed E-state index contributed by atoms with van der Waals surface area (Å²) in [6.07, 6.45) is 1.63. The standard InChI is InChI=1S/C20H23ClN6/c1-15-11-16(2)27(24-15)20-12-19(22-14-23-20)26-9-7-25(8-10-26)13-17-3-5-18(21)6-4-17/h3-6,11-12,14H,7-10,13H2,1-2H3. The van der Waals surface area contributed by atoms with Gasteiger partial charge >= 0.3 is 0 Å². The van der Waals surface area contributed by atoms with Crippen LogP contribution in [0.1, 0.15) is 17.0 Å². The second kappa shape index (κ2) is 7.66. The van der Waals surface area contributed by atoms with Crippen LogP contribution in [0.4, 0.5) is 5.82 Å². The van der Waals surface area contributed by atoms with Crippen molar-refractivity contribution in [2.45, 2.75) is 20.4 Å². The zero-order valence-electron chi connectivity index (χ0n) is 15.6. The van der Waals surface area contributed by atoms with Gasteiger partial charge in [-0.25, -0.2) is 14.6 Å². The predicted molar refractivity (Wildman–Crippen MR) is 108 cm³/mol. The maximum Gasteiger partial charge on any atom is 0.159 e. The summed E-state index contributed by atoms with van der Waals surface area (Å²) in [4.78, 5) is 13.7. The molecule has 3 aromatic rings. The molecule has 0 aliphatic carbocycles. The van der Waals surface area contributed by atoms with Gasteiger partial charge in [0.05, 0.1) is 5.69 Å². The number of halogens is 1. The van der Waals surface area contributed by atoms with E-state index >= 15 is 0 Å². The maximum atomic E-state index is 5.97. The van der Waals surface area contributed by atoms with Crippen molar-refractivity contribution < 1.29 is 0 Å². The molecule has 1 aromatic carbocycles. The molecule has 0 unspecified atom stereocenters. The second-order valence-electron chi connectivity index (χ2n) is 6.96. The number of benzene rings is 1. The maximum absolute atomic E-state index is 5.97. The molecule has 0 N–H and O–H groups in total. The SMILES string of the molecule is Cc1cc(C)n(-c2cc(N3CCN(Cc4ccc(Cl)cc4)CC3)ncn2)n1. The molecule has 2 aromatic heterocycles. The van der Waals surface area contributed by atoms with Crippen LogP contribution in [0, 0.1) is 13.8 Å². The normalized spacial score (nSPS) is 15.3. The van der Waals surface area contributed by atoms with E-state index in [1.165, 1.54) is 5.56 Å². The van der Waals surface area contributed by atoms with Gasteiger partial charge in [-0.05, 0) is 37.6 Å². The minimum Gasteiger partial charge on any atom is -0.354 e. The smallest absolute Gasteiger partial charge is 0.159 e. The highest BCUT2D eigenvalue weighted by atomic mass is 35.5. The minimum absolute atomic E-state index is 0.783. The molecule has 27 heavy (non-hydrogen) atoms. The highest BCUT2D eigenvalue weighted by Crippen LogP contribution is 2.18. The predicted octanol–water partition coefficient (Wildman–Crippen LogP) is 3.25. The highest BCUT2D eigenvalue weighted by molar-refractivity contribution is 6.30. The number of hydrogen-bond donors (Lipinski definition) is 0. The van der Waals surface area contributed by atoms with Crippen LogP contribution in [0.2, 0.25) is 5.02 Å². The lowest BCUT2D eigenvalue weighted by atomic mass is 10.2. The zero-order valence-corrected chi connectivity index (χ0v) is 16.4. The average Bonchev–Trinajstić information content (AvgIpc) is 3.02. The fourth-order valence-corrected chi connectivity index (χ4v) is 3.60. The van der Waals surface area contributed by atoms with Crippen molar-refractivity contribution in [2.75, 3.05) is 31.1 Å². The molecule has 0 radical (unpaired) electrons. The Morgan fingerprint density at radius 2 is 1.63 bits per heavy atom. The number of nitrogens with zero attached hydrogens (tertiary/aromatic N) is 6. The molecule has 0 atom stereocenters. The third-order valence-electron chi connectivity index (χ3n) is 4.88. The average molecular weight is 383 g/mol. The van der Waals surface area contributed by atoms with E-state index in [9.17, 15) is 0 Å². The zero-order chi connectivity index (χ0) is 18.8. The summed E-state index contributed by atoms with van der Waals surface area (Å²) in [5.74, 6) is 1.77. The van der Waals surface area contributed by atoms with Crippen molar-refractivity contribution in [3.8, 4) is 5.82 Å². The van der Waals surface area contributed by atoms with Crippen molar-refractivity contribution in [1.29, 1.82) is 0 Å². The van der Waals surface area contributed by atoms with E-state index in [0.29, 0.717) is 0 Å². The molecular formula is C20H23ClN6. The van der Waals surface area contributed by atoms with E-state index in [0.717, 1.165) is 60.8 Å². The number of anilines is 1. The fraction of sp³-hybridized carbons (Fsp3) is 0.350. The van der Waals surface area contributed by atoms with Crippen LogP contribution in [0.15, 0.2) is 42.7 Å². The van der Waals surface area contributed by atoms with Crippen molar-refractivity contribution in [3.05, 3.63) is 64.7 Å². The summed E-state index contributed by atoms with van der Waals surface area (Å²) in [5, 5.41) is 5.31. The second-order valence-corrected chi connectivity index (χ2v) is 7.40. The summed E-state index contributed by atoms with van der Waals surface area (Å²) in [6, 6.07) is 12.2. The fourth-order valence-electron chi connectivity index (χ4n) is 3.47. The first-order valence-electron chi connectivity index (χ1n) is 9.16. The quantitative estimate of drug-likeness (QED) is 0.693. The number of aryl methyl sites for hydroxylation is 2. The van der Waals surface area contributed by atoms with E-state index in [2.05, 4.69) is 43.1 Å². The first-order chi connectivity index (χ1) is 13.1. The van der Waals surface area contributed by atoms with Crippen LogP contribution in [0.25, 0.3) is 5.82 Å². The monoisotopic (exact) mass is 382 g/mol. The van der Waals surface area contributed by atoms with E-state index < -0.39 is 0 Å². The molecule has 1 aliphatic heterocycles. The minimum atomic E-state index is 0.783. The van der Waals surface area contributed by atoms with E-state index in [4.69, 9.17) is 11.6 Å². The molecule has 3 heterocycles. The van der Waals surface area contributed by atoms with Gasteiger partial charge in [-0.2, -0.15) is 5.10 Å². The molecule has 140 valence electrons. The summed E-state index contributed by atoms with van der Waals surface area (Å²) in [5.41, 5.74) is 3.36. The number of piperazine rings is 1. The van der Waals surface area contributed by atoms with Crippen LogP contribution in [-0.2, 0) is 6.54 Å². The Labute approximate surface area is 164 Å². The molecule has 0 bridgehead atoms. The van der Waals surface area contributed by atoms with Crippen LogP contribution in [0.5, 0.6) is 0 Å². The highest BCUT2D eigenvalue weighted by Gasteiger charge is 2.19. The van der Waals surface area contributed by atoms with Gasteiger partial charge in [0.1, 0.15) is 12.1 Å².